The molecule has 6 heteroatoms. The molecule has 0 unspecified atom stereocenters. The van der Waals surface area contributed by atoms with Crippen LogP contribution in [-0.4, -0.2) is 34.7 Å². The summed E-state index contributed by atoms with van der Waals surface area (Å²) in [5.41, 5.74) is 0.887. The van der Waals surface area contributed by atoms with Crippen molar-refractivity contribution in [1.29, 1.82) is 0 Å². The minimum atomic E-state index is 0.157. The molecule has 0 aliphatic carbocycles. The van der Waals surface area contributed by atoms with E-state index in [1.165, 1.54) is 0 Å². The first-order chi connectivity index (χ1) is 8.83. The number of methoxy groups -OCH3 is 1. The van der Waals surface area contributed by atoms with E-state index in [1.807, 2.05) is 24.3 Å². The van der Waals surface area contributed by atoms with E-state index in [-0.39, 0.29) is 6.61 Å². The molecule has 2 aromatic rings. The Bertz CT molecular complexity index is 484. The standard InChI is InChI=1S/C12H14N2O3S/c1-16-10-4-2-9(3-5-10)12-13-11(17-14-12)8-18-7-6-15/h2-5,15H,6-8H2,1H3. The van der Waals surface area contributed by atoms with Gasteiger partial charge in [0.05, 0.1) is 19.5 Å². The number of thioether (sulfide) groups is 1. The topological polar surface area (TPSA) is 68.4 Å². The average molecular weight is 266 g/mol. The quantitative estimate of drug-likeness (QED) is 0.806. The third kappa shape index (κ3) is 3.24. The molecule has 0 aliphatic rings. The number of benzene rings is 1. The Hall–Kier alpha value is -1.53. The Morgan fingerprint density at radius 3 is 2.78 bits per heavy atom. The van der Waals surface area contributed by atoms with Crippen LogP contribution in [0.15, 0.2) is 28.8 Å². The highest BCUT2D eigenvalue weighted by molar-refractivity contribution is 7.98. The van der Waals surface area contributed by atoms with Crippen LogP contribution in [0.4, 0.5) is 0 Å². The second-order valence-corrected chi connectivity index (χ2v) is 4.62. The van der Waals surface area contributed by atoms with Gasteiger partial charge in [-0.2, -0.15) is 4.98 Å². The molecule has 2 rings (SSSR count). The van der Waals surface area contributed by atoms with Gasteiger partial charge >= 0.3 is 0 Å². The van der Waals surface area contributed by atoms with Gasteiger partial charge in [-0.25, -0.2) is 0 Å². The molecule has 1 aromatic heterocycles. The fraction of sp³-hybridized carbons (Fsp3) is 0.333. The largest absolute Gasteiger partial charge is 0.497 e. The number of hydrogen-bond donors (Lipinski definition) is 1. The number of hydrogen-bond acceptors (Lipinski definition) is 6. The molecule has 0 saturated carbocycles. The second kappa shape index (κ2) is 6.42. The van der Waals surface area contributed by atoms with E-state index in [2.05, 4.69) is 10.1 Å². The van der Waals surface area contributed by atoms with Crippen LogP contribution >= 0.6 is 11.8 Å². The summed E-state index contributed by atoms with van der Waals surface area (Å²) >= 11 is 1.55. The Kier molecular flexibility index (Phi) is 4.60. The summed E-state index contributed by atoms with van der Waals surface area (Å²) in [6, 6.07) is 7.47. The molecule has 5 nitrogen and oxygen atoms in total. The van der Waals surface area contributed by atoms with Gasteiger partial charge in [-0.05, 0) is 24.3 Å². The molecule has 0 fully saturated rings. The maximum Gasteiger partial charge on any atom is 0.236 e. The molecule has 96 valence electrons. The summed E-state index contributed by atoms with van der Waals surface area (Å²) in [5, 5.41) is 12.6. The van der Waals surface area contributed by atoms with Gasteiger partial charge in [-0.3, -0.25) is 0 Å². The first-order valence-electron chi connectivity index (χ1n) is 5.49. The molecule has 0 saturated heterocycles. The molecule has 0 bridgehead atoms. The van der Waals surface area contributed by atoms with Crippen molar-refractivity contribution in [1.82, 2.24) is 10.1 Å². The maximum absolute atomic E-state index is 8.68. The van der Waals surface area contributed by atoms with Gasteiger partial charge in [0.15, 0.2) is 0 Å². The van der Waals surface area contributed by atoms with Gasteiger partial charge < -0.3 is 14.4 Å². The monoisotopic (exact) mass is 266 g/mol. The zero-order valence-electron chi connectivity index (χ0n) is 10.00. The third-order valence-corrected chi connectivity index (χ3v) is 3.20. The van der Waals surface area contributed by atoms with E-state index < -0.39 is 0 Å². The molecular formula is C12H14N2O3S. The first-order valence-corrected chi connectivity index (χ1v) is 6.64. The van der Waals surface area contributed by atoms with Gasteiger partial charge in [0, 0.05) is 11.3 Å². The minimum absolute atomic E-state index is 0.157. The Morgan fingerprint density at radius 1 is 1.33 bits per heavy atom. The molecule has 1 N–H and O–H groups in total. The molecule has 18 heavy (non-hydrogen) atoms. The normalized spacial score (nSPS) is 10.6. The molecular weight excluding hydrogens is 252 g/mol. The van der Waals surface area contributed by atoms with Gasteiger partial charge in [0.2, 0.25) is 11.7 Å². The zero-order valence-corrected chi connectivity index (χ0v) is 10.8. The summed E-state index contributed by atoms with van der Waals surface area (Å²) in [5.74, 6) is 3.21. The smallest absolute Gasteiger partial charge is 0.236 e. The predicted octanol–water partition coefficient (Wildman–Crippen LogP) is 1.97. The Labute approximate surface area is 109 Å². The average Bonchev–Trinajstić information content (AvgIpc) is 2.88. The first kappa shape index (κ1) is 12.9. The van der Waals surface area contributed by atoms with Crippen LogP contribution in [0.3, 0.4) is 0 Å². The van der Waals surface area contributed by atoms with Crippen molar-refractivity contribution in [2.24, 2.45) is 0 Å². The van der Waals surface area contributed by atoms with Crippen molar-refractivity contribution in [3.63, 3.8) is 0 Å². The number of rotatable bonds is 6. The lowest BCUT2D eigenvalue weighted by Gasteiger charge is -1.98. The predicted molar refractivity (Wildman–Crippen MR) is 69.5 cm³/mol. The zero-order chi connectivity index (χ0) is 12.8. The van der Waals surface area contributed by atoms with Crippen LogP contribution in [0.25, 0.3) is 11.4 Å². The molecule has 1 aromatic carbocycles. The lowest BCUT2D eigenvalue weighted by Crippen LogP contribution is -1.88. The lowest BCUT2D eigenvalue weighted by atomic mass is 10.2. The SMILES string of the molecule is COc1ccc(-c2noc(CSCCO)n2)cc1. The van der Waals surface area contributed by atoms with Crippen molar-refractivity contribution in [2.45, 2.75) is 5.75 Å². The molecule has 0 radical (unpaired) electrons. The number of aliphatic hydroxyl groups excluding tert-OH is 1. The van der Waals surface area contributed by atoms with E-state index in [4.69, 9.17) is 14.4 Å². The number of aliphatic hydroxyl groups is 1. The highest BCUT2D eigenvalue weighted by Gasteiger charge is 2.08. The van der Waals surface area contributed by atoms with Crippen LogP contribution < -0.4 is 4.74 Å². The van der Waals surface area contributed by atoms with Crippen molar-refractivity contribution in [3.8, 4) is 17.1 Å². The second-order valence-electron chi connectivity index (χ2n) is 3.52. The maximum atomic E-state index is 8.68. The summed E-state index contributed by atoms with van der Waals surface area (Å²) < 4.78 is 10.2. The summed E-state index contributed by atoms with van der Waals surface area (Å²) in [6.45, 7) is 0.157. The Balaban J connectivity index is 2.04. The van der Waals surface area contributed by atoms with Crippen molar-refractivity contribution in [2.75, 3.05) is 19.5 Å². The number of ether oxygens (including phenoxy) is 1. The van der Waals surface area contributed by atoms with Gasteiger partial charge in [0.1, 0.15) is 5.75 Å². The number of nitrogens with zero attached hydrogens (tertiary/aromatic N) is 2. The van der Waals surface area contributed by atoms with Crippen molar-refractivity contribution in [3.05, 3.63) is 30.2 Å². The molecule has 1 heterocycles. The van der Waals surface area contributed by atoms with Crippen LogP contribution in [0, 0.1) is 0 Å². The van der Waals surface area contributed by atoms with Crippen molar-refractivity contribution >= 4 is 11.8 Å². The molecule has 0 aliphatic heterocycles. The summed E-state index contributed by atoms with van der Waals surface area (Å²) in [7, 11) is 1.62. The molecule has 0 amide bonds. The fourth-order valence-electron chi connectivity index (χ4n) is 1.39. The van der Waals surface area contributed by atoms with E-state index >= 15 is 0 Å². The van der Waals surface area contributed by atoms with Crippen molar-refractivity contribution < 1.29 is 14.4 Å². The Morgan fingerprint density at radius 2 is 2.11 bits per heavy atom. The third-order valence-electron chi connectivity index (χ3n) is 2.28. The highest BCUT2D eigenvalue weighted by Crippen LogP contribution is 2.20. The van der Waals surface area contributed by atoms with Gasteiger partial charge in [0.25, 0.3) is 0 Å². The van der Waals surface area contributed by atoms with E-state index in [1.54, 1.807) is 18.9 Å². The van der Waals surface area contributed by atoms with E-state index in [0.29, 0.717) is 23.2 Å². The van der Waals surface area contributed by atoms with Gasteiger partial charge in [-0.15, -0.1) is 11.8 Å². The van der Waals surface area contributed by atoms with E-state index in [9.17, 15) is 0 Å². The lowest BCUT2D eigenvalue weighted by molar-refractivity contribution is 0.322. The van der Waals surface area contributed by atoms with Crippen LogP contribution in [0.5, 0.6) is 5.75 Å². The summed E-state index contributed by atoms with van der Waals surface area (Å²) in [4.78, 5) is 4.29. The summed E-state index contributed by atoms with van der Waals surface area (Å²) in [6.07, 6.45) is 0. The van der Waals surface area contributed by atoms with Crippen LogP contribution in [-0.2, 0) is 5.75 Å². The minimum Gasteiger partial charge on any atom is -0.497 e. The molecule has 0 spiro atoms. The van der Waals surface area contributed by atoms with Crippen LogP contribution in [0.2, 0.25) is 0 Å². The highest BCUT2D eigenvalue weighted by atomic mass is 32.2. The number of aromatic nitrogens is 2. The van der Waals surface area contributed by atoms with E-state index in [0.717, 1.165) is 11.3 Å². The van der Waals surface area contributed by atoms with Crippen LogP contribution in [0.1, 0.15) is 5.89 Å². The fourth-order valence-corrected chi connectivity index (χ4v) is 1.96. The molecule has 0 atom stereocenters. The van der Waals surface area contributed by atoms with Gasteiger partial charge in [-0.1, -0.05) is 5.16 Å².